The zero-order valence-corrected chi connectivity index (χ0v) is 10.7. The summed E-state index contributed by atoms with van der Waals surface area (Å²) in [5, 5.41) is 10.3. The van der Waals surface area contributed by atoms with E-state index in [0.717, 1.165) is 11.4 Å². The quantitative estimate of drug-likeness (QED) is 0.746. The number of rotatable bonds is 6. The molecular weight excluding hydrogens is 220 g/mol. The van der Waals surface area contributed by atoms with Gasteiger partial charge in [0.15, 0.2) is 0 Å². The van der Waals surface area contributed by atoms with Crippen LogP contribution in [0.15, 0.2) is 29.4 Å². The van der Waals surface area contributed by atoms with Crippen molar-refractivity contribution in [3.05, 3.63) is 24.4 Å². The topological polar surface area (TPSA) is 59.1 Å². The number of thioether (sulfide) groups is 1. The molecule has 0 aliphatic rings. The molecule has 0 spiro atoms. The van der Waals surface area contributed by atoms with Crippen molar-refractivity contribution in [2.45, 2.75) is 36.6 Å². The van der Waals surface area contributed by atoms with Gasteiger partial charge in [0.1, 0.15) is 0 Å². The second-order valence-corrected chi connectivity index (χ2v) is 5.56. The Kier molecular flexibility index (Phi) is 5.80. The third-order valence-electron chi connectivity index (χ3n) is 2.31. The Balaban J connectivity index is 2.55. The Morgan fingerprint density at radius 1 is 1.44 bits per heavy atom. The molecule has 4 heteroatoms. The van der Waals surface area contributed by atoms with Gasteiger partial charge in [-0.05, 0) is 24.5 Å². The van der Waals surface area contributed by atoms with Crippen LogP contribution in [0.25, 0.3) is 0 Å². The van der Waals surface area contributed by atoms with Crippen LogP contribution in [-0.2, 0) is 0 Å². The molecule has 0 amide bonds. The Morgan fingerprint density at radius 2 is 2.19 bits per heavy atom. The summed E-state index contributed by atoms with van der Waals surface area (Å²) in [6.07, 6.45) is 2.68. The first-order chi connectivity index (χ1) is 7.63. The first kappa shape index (κ1) is 13.5. The van der Waals surface area contributed by atoms with Crippen LogP contribution in [0, 0.1) is 5.92 Å². The van der Waals surface area contributed by atoms with Crippen LogP contribution < -0.4 is 5.73 Å². The minimum atomic E-state index is 0.0111. The summed E-state index contributed by atoms with van der Waals surface area (Å²) in [6, 6.07) is 5.77. The average Bonchev–Trinajstić information content (AvgIpc) is 2.26. The largest absolute Gasteiger partial charge is 0.395 e. The molecule has 1 heterocycles. The van der Waals surface area contributed by atoms with Gasteiger partial charge in [0.2, 0.25) is 0 Å². The van der Waals surface area contributed by atoms with E-state index in [9.17, 15) is 5.11 Å². The van der Waals surface area contributed by atoms with Gasteiger partial charge in [-0.1, -0.05) is 31.7 Å². The van der Waals surface area contributed by atoms with Crippen molar-refractivity contribution in [1.29, 1.82) is 0 Å². The fraction of sp³-hybridized carbons (Fsp3) is 0.583. The molecule has 0 fully saturated rings. The van der Waals surface area contributed by atoms with Crippen molar-refractivity contribution >= 4 is 11.8 Å². The van der Waals surface area contributed by atoms with E-state index in [2.05, 4.69) is 18.8 Å². The lowest BCUT2D eigenvalue weighted by atomic mass is 10.0. The van der Waals surface area contributed by atoms with E-state index in [1.54, 1.807) is 18.0 Å². The molecule has 16 heavy (non-hydrogen) atoms. The second-order valence-electron chi connectivity index (χ2n) is 4.30. The van der Waals surface area contributed by atoms with Crippen LogP contribution in [0.1, 0.15) is 20.3 Å². The van der Waals surface area contributed by atoms with E-state index in [0.29, 0.717) is 5.92 Å². The van der Waals surface area contributed by atoms with Crippen molar-refractivity contribution < 1.29 is 5.11 Å². The van der Waals surface area contributed by atoms with Crippen LogP contribution >= 0.6 is 11.8 Å². The van der Waals surface area contributed by atoms with Crippen molar-refractivity contribution in [2.75, 3.05) is 6.61 Å². The maximum absolute atomic E-state index is 9.34. The Hall–Kier alpha value is -0.580. The standard InChI is InChI=1S/C12H20N2OS/c1-9(2)7-10(13)11(8-15)16-12-5-3-4-6-14-12/h3-6,9-11,15H,7-8,13H2,1-2H3. The van der Waals surface area contributed by atoms with Gasteiger partial charge in [-0.3, -0.25) is 0 Å². The minimum absolute atomic E-state index is 0.0111. The molecule has 1 aromatic rings. The predicted octanol–water partition coefficient (Wildman–Crippen LogP) is 1.91. The summed E-state index contributed by atoms with van der Waals surface area (Å²) in [4.78, 5) is 4.22. The highest BCUT2D eigenvalue weighted by Crippen LogP contribution is 2.24. The molecule has 2 atom stereocenters. The Labute approximate surface area is 101 Å². The van der Waals surface area contributed by atoms with Gasteiger partial charge in [0.25, 0.3) is 0 Å². The summed E-state index contributed by atoms with van der Waals surface area (Å²) in [5.74, 6) is 0.549. The second kappa shape index (κ2) is 6.89. The number of hydrogen-bond acceptors (Lipinski definition) is 4. The van der Waals surface area contributed by atoms with Gasteiger partial charge in [0, 0.05) is 17.5 Å². The molecule has 0 saturated heterocycles. The highest BCUT2D eigenvalue weighted by atomic mass is 32.2. The summed E-state index contributed by atoms with van der Waals surface area (Å²) in [6.45, 7) is 4.37. The number of pyridine rings is 1. The number of nitrogens with zero attached hydrogens (tertiary/aromatic N) is 1. The van der Waals surface area contributed by atoms with Crippen molar-refractivity contribution in [3.63, 3.8) is 0 Å². The van der Waals surface area contributed by atoms with Crippen molar-refractivity contribution in [1.82, 2.24) is 4.98 Å². The van der Waals surface area contributed by atoms with E-state index < -0.39 is 0 Å². The van der Waals surface area contributed by atoms with E-state index in [-0.39, 0.29) is 17.9 Å². The molecule has 3 N–H and O–H groups in total. The lowest BCUT2D eigenvalue weighted by Gasteiger charge is -2.22. The van der Waals surface area contributed by atoms with Gasteiger partial charge in [0.05, 0.1) is 11.6 Å². The number of nitrogens with two attached hydrogens (primary N) is 1. The number of aliphatic hydroxyl groups excluding tert-OH is 1. The fourth-order valence-electron chi connectivity index (χ4n) is 1.53. The lowest BCUT2D eigenvalue weighted by molar-refractivity contribution is 0.275. The van der Waals surface area contributed by atoms with Crippen molar-refractivity contribution in [3.8, 4) is 0 Å². The monoisotopic (exact) mass is 240 g/mol. The lowest BCUT2D eigenvalue weighted by Crippen LogP contribution is -2.36. The number of aromatic nitrogens is 1. The highest BCUT2D eigenvalue weighted by molar-refractivity contribution is 7.99. The fourth-order valence-corrected chi connectivity index (χ4v) is 2.48. The van der Waals surface area contributed by atoms with E-state index >= 15 is 0 Å². The summed E-state index contributed by atoms with van der Waals surface area (Å²) < 4.78 is 0. The van der Waals surface area contributed by atoms with Gasteiger partial charge < -0.3 is 10.8 Å². The first-order valence-corrected chi connectivity index (χ1v) is 6.45. The minimum Gasteiger partial charge on any atom is -0.395 e. The maximum Gasteiger partial charge on any atom is 0.0963 e. The highest BCUT2D eigenvalue weighted by Gasteiger charge is 2.19. The SMILES string of the molecule is CC(C)CC(N)C(CO)Sc1ccccn1. The smallest absolute Gasteiger partial charge is 0.0963 e. The molecule has 1 aromatic heterocycles. The normalized spacial score (nSPS) is 15.1. The van der Waals surface area contributed by atoms with E-state index in [1.807, 2.05) is 18.2 Å². The average molecular weight is 240 g/mol. The zero-order valence-electron chi connectivity index (χ0n) is 9.84. The van der Waals surface area contributed by atoms with Gasteiger partial charge in [-0.25, -0.2) is 4.98 Å². The molecular formula is C12H20N2OS. The van der Waals surface area contributed by atoms with E-state index in [1.165, 1.54) is 0 Å². The Morgan fingerprint density at radius 3 is 2.69 bits per heavy atom. The van der Waals surface area contributed by atoms with Crippen molar-refractivity contribution in [2.24, 2.45) is 11.7 Å². The van der Waals surface area contributed by atoms with Crippen LogP contribution in [0.2, 0.25) is 0 Å². The summed E-state index contributed by atoms with van der Waals surface area (Å²) >= 11 is 1.55. The molecule has 0 aromatic carbocycles. The molecule has 0 bridgehead atoms. The van der Waals surface area contributed by atoms with Crippen LogP contribution in [-0.4, -0.2) is 28.0 Å². The van der Waals surface area contributed by atoms with Gasteiger partial charge in [-0.15, -0.1) is 0 Å². The molecule has 0 aliphatic carbocycles. The van der Waals surface area contributed by atoms with Crippen LogP contribution in [0.3, 0.4) is 0 Å². The van der Waals surface area contributed by atoms with Gasteiger partial charge >= 0.3 is 0 Å². The predicted molar refractivity (Wildman–Crippen MR) is 68.4 cm³/mol. The third-order valence-corrected chi connectivity index (χ3v) is 3.60. The van der Waals surface area contributed by atoms with Gasteiger partial charge in [-0.2, -0.15) is 0 Å². The number of aliphatic hydroxyl groups is 1. The molecule has 90 valence electrons. The molecule has 0 aliphatic heterocycles. The van der Waals surface area contributed by atoms with Crippen LogP contribution in [0.5, 0.6) is 0 Å². The molecule has 0 radical (unpaired) electrons. The Bertz CT molecular complexity index is 292. The molecule has 2 unspecified atom stereocenters. The third kappa shape index (κ3) is 4.51. The molecule has 0 saturated carbocycles. The maximum atomic E-state index is 9.34. The summed E-state index contributed by atoms with van der Waals surface area (Å²) in [5.41, 5.74) is 6.07. The zero-order chi connectivity index (χ0) is 12.0. The van der Waals surface area contributed by atoms with E-state index in [4.69, 9.17) is 5.73 Å². The molecule has 1 rings (SSSR count). The first-order valence-electron chi connectivity index (χ1n) is 5.57. The van der Waals surface area contributed by atoms with Crippen LogP contribution in [0.4, 0.5) is 0 Å². The molecule has 3 nitrogen and oxygen atoms in total. The summed E-state index contributed by atoms with van der Waals surface area (Å²) in [7, 11) is 0. The number of hydrogen-bond donors (Lipinski definition) is 2.